The van der Waals surface area contributed by atoms with Crippen LogP contribution in [0, 0.1) is 0 Å². The van der Waals surface area contributed by atoms with E-state index in [2.05, 4.69) is 20.9 Å². The van der Waals surface area contributed by atoms with Gasteiger partial charge in [-0.25, -0.2) is 4.79 Å². The van der Waals surface area contributed by atoms with Crippen LogP contribution in [0.1, 0.15) is 13.8 Å². The van der Waals surface area contributed by atoms with E-state index in [1.165, 1.54) is 6.92 Å². The van der Waals surface area contributed by atoms with Crippen LogP contribution in [-0.4, -0.2) is 55.0 Å². The first-order chi connectivity index (χ1) is 14.8. The number of carbonyl (C=O) groups excluding carboxylic acids is 3. The summed E-state index contributed by atoms with van der Waals surface area (Å²) in [4.78, 5) is 40.0. The van der Waals surface area contributed by atoms with Gasteiger partial charge in [-0.3, -0.25) is 9.59 Å². The van der Waals surface area contributed by atoms with Gasteiger partial charge >= 0.3 is 6.03 Å². The summed E-state index contributed by atoms with van der Waals surface area (Å²) in [5.74, 6) is -0.484. The van der Waals surface area contributed by atoms with E-state index in [1.54, 1.807) is 36.1 Å². The molecule has 0 aromatic heterocycles. The molecule has 0 spiro atoms. The molecule has 3 rings (SSSR count). The van der Waals surface area contributed by atoms with Gasteiger partial charge in [0, 0.05) is 55.2 Å². The molecule has 4 amide bonds. The maximum atomic E-state index is 12.6. The Hall–Kier alpha value is -3.26. The molecule has 2 aromatic carbocycles. The lowest BCUT2D eigenvalue weighted by molar-refractivity contribution is -0.117. The van der Waals surface area contributed by atoms with Gasteiger partial charge in [0.2, 0.25) is 11.8 Å². The molecular weight excluding hydrogens is 418 g/mol. The zero-order valence-electron chi connectivity index (χ0n) is 17.5. The van der Waals surface area contributed by atoms with Crippen LogP contribution < -0.4 is 20.9 Å². The Kier molecular flexibility index (Phi) is 7.36. The van der Waals surface area contributed by atoms with Crippen molar-refractivity contribution in [2.24, 2.45) is 0 Å². The minimum Gasteiger partial charge on any atom is -0.368 e. The molecule has 0 bridgehead atoms. The second-order valence-electron chi connectivity index (χ2n) is 7.37. The zero-order valence-corrected chi connectivity index (χ0v) is 18.3. The predicted octanol–water partition coefficient (Wildman–Crippen LogP) is 3.16. The molecule has 1 saturated heterocycles. The molecule has 0 unspecified atom stereocenters. The first kappa shape index (κ1) is 22.4. The Morgan fingerprint density at radius 2 is 1.42 bits per heavy atom. The zero-order chi connectivity index (χ0) is 22.4. The monoisotopic (exact) mass is 443 g/mol. The molecule has 0 radical (unpaired) electrons. The second-order valence-corrected chi connectivity index (χ2v) is 7.81. The number of carbonyl (C=O) groups is 3. The Morgan fingerprint density at radius 3 is 1.97 bits per heavy atom. The molecule has 8 nitrogen and oxygen atoms in total. The summed E-state index contributed by atoms with van der Waals surface area (Å²) in [5.41, 5.74) is 2.29. The molecule has 1 aliphatic rings. The van der Waals surface area contributed by atoms with Crippen LogP contribution in [0.2, 0.25) is 5.02 Å². The lowest BCUT2D eigenvalue weighted by atomic mass is 10.2. The first-order valence-corrected chi connectivity index (χ1v) is 10.4. The first-order valence-electron chi connectivity index (χ1n) is 10.1. The van der Waals surface area contributed by atoms with Crippen molar-refractivity contribution in [1.29, 1.82) is 0 Å². The van der Waals surface area contributed by atoms with Crippen molar-refractivity contribution in [2.45, 2.75) is 19.9 Å². The van der Waals surface area contributed by atoms with E-state index in [-0.39, 0.29) is 17.8 Å². The highest BCUT2D eigenvalue weighted by atomic mass is 35.5. The fourth-order valence-corrected chi connectivity index (χ4v) is 3.38. The highest BCUT2D eigenvalue weighted by Crippen LogP contribution is 2.19. The molecule has 164 valence electrons. The Labute approximate surface area is 186 Å². The Bertz CT molecular complexity index is 925. The van der Waals surface area contributed by atoms with Gasteiger partial charge in [-0.05, 0) is 55.5 Å². The molecule has 0 aliphatic carbocycles. The molecule has 2 aromatic rings. The normalized spacial score (nSPS) is 14.5. The van der Waals surface area contributed by atoms with E-state index in [4.69, 9.17) is 11.6 Å². The molecule has 0 saturated carbocycles. The fourth-order valence-electron chi connectivity index (χ4n) is 3.25. The van der Waals surface area contributed by atoms with Crippen molar-refractivity contribution in [3.05, 3.63) is 53.6 Å². The molecule has 31 heavy (non-hydrogen) atoms. The van der Waals surface area contributed by atoms with Gasteiger partial charge in [-0.15, -0.1) is 0 Å². The van der Waals surface area contributed by atoms with Gasteiger partial charge in [-0.2, -0.15) is 0 Å². The summed E-state index contributed by atoms with van der Waals surface area (Å²) in [6.45, 7) is 5.60. The number of urea groups is 1. The third-order valence-corrected chi connectivity index (χ3v) is 5.22. The van der Waals surface area contributed by atoms with Crippen LogP contribution in [-0.2, 0) is 9.59 Å². The summed E-state index contributed by atoms with van der Waals surface area (Å²) in [6.07, 6.45) is 0. The van der Waals surface area contributed by atoms with Crippen molar-refractivity contribution in [3.8, 4) is 0 Å². The van der Waals surface area contributed by atoms with E-state index in [0.29, 0.717) is 42.6 Å². The standard InChI is InChI=1S/C22H26ClN5O3/c1-15(21(30)26-19-7-5-18(6-8-19)25-16(2)29)24-22(31)28-13-11-27(12-14-28)20-9-3-17(23)4-10-20/h3-10,15H,11-14H2,1-2H3,(H,24,31)(H,25,29)(H,26,30)/t15-/m1/s1. The van der Waals surface area contributed by atoms with Crippen molar-refractivity contribution in [3.63, 3.8) is 0 Å². The maximum Gasteiger partial charge on any atom is 0.318 e. The highest BCUT2D eigenvalue weighted by molar-refractivity contribution is 6.30. The number of rotatable bonds is 5. The Morgan fingerprint density at radius 1 is 0.871 bits per heavy atom. The van der Waals surface area contributed by atoms with Crippen molar-refractivity contribution >= 4 is 46.5 Å². The largest absolute Gasteiger partial charge is 0.368 e. The number of halogens is 1. The summed E-state index contributed by atoms with van der Waals surface area (Å²) in [6, 6.07) is 13.4. The van der Waals surface area contributed by atoms with Crippen LogP contribution in [0.25, 0.3) is 0 Å². The summed E-state index contributed by atoms with van der Waals surface area (Å²) >= 11 is 5.94. The average Bonchev–Trinajstić information content (AvgIpc) is 2.75. The summed E-state index contributed by atoms with van der Waals surface area (Å²) < 4.78 is 0. The fraction of sp³-hybridized carbons (Fsp3) is 0.318. The van der Waals surface area contributed by atoms with Crippen LogP contribution in [0.15, 0.2) is 48.5 Å². The lowest BCUT2D eigenvalue weighted by Crippen LogP contribution is -2.54. The van der Waals surface area contributed by atoms with Gasteiger partial charge in [0.25, 0.3) is 0 Å². The minimum atomic E-state index is -0.697. The number of benzene rings is 2. The Balaban J connectivity index is 1.46. The van der Waals surface area contributed by atoms with Crippen molar-refractivity contribution in [1.82, 2.24) is 10.2 Å². The molecule has 1 fully saturated rings. The molecule has 3 N–H and O–H groups in total. The van der Waals surface area contributed by atoms with Gasteiger partial charge in [0.15, 0.2) is 0 Å². The quantitative estimate of drug-likeness (QED) is 0.661. The van der Waals surface area contributed by atoms with Crippen LogP contribution in [0.3, 0.4) is 0 Å². The smallest absolute Gasteiger partial charge is 0.318 e. The van der Waals surface area contributed by atoms with E-state index < -0.39 is 6.04 Å². The summed E-state index contributed by atoms with van der Waals surface area (Å²) in [7, 11) is 0. The molecule has 1 aliphatic heterocycles. The molecule has 9 heteroatoms. The highest BCUT2D eigenvalue weighted by Gasteiger charge is 2.24. The molecular formula is C22H26ClN5O3. The van der Waals surface area contributed by atoms with E-state index in [0.717, 1.165) is 5.69 Å². The van der Waals surface area contributed by atoms with Crippen molar-refractivity contribution < 1.29 is 14.4 Å². The van der Waals surface area contributed by atoms with Crippen LogP contribution in [0.5, 0.6) is 0 Å². The number of amides is 4. The van der Waals surface area contributed by atoms with Gasteiger partial charge < -0.3 is 25.8 Å². The number of hydrogen-bond donors (Lipinski definition) is 3. The van der Waals surface area contributed by atoms with Gasteiger partial charge in [-0.1, -0.05) is 11.6 Å². The predicted molar refractivity (Wildman–Crippen MR) is 123 cm³/mol. The molecule has 1 atom stereocenters. The summed E-state index contributed by atoms with van der Waals surface area (Å²) in [5, 5.41) is 8.87. The number of piperazine rings is 1. The number of anilines is 3. The third-order valence-electron chi connectivity index (χ3n) is 4.96. The number of nitrogens with one attached hydrogen (secondary N) is 3. The molecule has 1 heterocycles. The van der Waals surface area contributed by atoms with E-state index >= 15 is 0 Å². The minimum absolute atomic E-state index is 0.165. The van der Waals surface area contributed by atoms with E-state index in [1.807, 2.05) is 24.3 Å². The number of nitrogens with zero attached hydrogens (tertiary/aromatic N) is 2. The average molecular weight is 444 g/mol. The van der Waals surface area contributed by atoms with Gasteiger partial charge in [0.05, 0.1) is 0 Å². The van der Waals surface area contributed by atoms with Crippen LogP contribution in [0.4, 0.5) is 21.9 Å². The third kappa shape index (κ3) is 6.36. The number of hydrogen-bond acceptors (Lipinski definition) is 4. The SMILES string of the molecule is CC(=O)Nc1ccc(NC(=O)[C@@H](C)NC(=O)N2CCN(c3ccc(Cl)cc3)CC2)cc1. The maximum absolute atomic E-state index is 12.6. The topological polar surface area (TPSA) is 93.8 Å². The van der Waals surface area contributed by atoms with Crippen molar-refractivity contribution in [2.75, 3.05) is 41.7 Å². The van der Waals surface area contributed by atoms with Crippen LogP contribution >= 0.6 is 11.6 Å². The van der Waals surface area contributed by atoms with Gasteiger partial charge in [0.1, 0.15) is 6.04 Å². The lowest BCUT2D eigenvalue weighted by Gasteiger charge is -2.36. The second kappa shape index (κ2) is 10.2. The van der Waals surface area contributed by atoms with E-state index in [9.17, 15) is 14.4 Å².